The fourth-order valence-corrected chi connectivity index (χ4v) is 1.47. The molecule has 0 unspecified atom stereocenters. The van der Waals surface area contributed by atoms with Gasteiger partial charge in [0.25, 0.3) is 0 Å². The lowest BCUT2D eigenvalue weighted by Crippen LogP contribution is -1.97. The molecule has 3 nitrogen and oxygen atoms in total. The van der Waals surface area contributed by atoms with Gasteiger partial charge in [-0.15, -0.1) is 0 Å². The lowest BCUT2D eigenvalue weighted by atomic mass is 10.1. The van der Waals surface area contributed by atoms with Gasteiger partial charge in [-0.05, 0) is 12.1 Å². The highest BCUT2D eigenvalue weighted by Crippen LogP contribution is 2.15. The minimum atomic E-state index is -0.314. The van der Waals surface area contributed by atoms with Crippen LogP contribution in [0.3, 0.4) is 0 Å². The number of aromatic nitrogens is 1. The maximum Gasteiger partial charge on any atom is 0.317 e. The van der Waals surface area contributed by atoms with Gasteiger partial charge in [-0.25, -0.2) is 0 Å². The Balaban J connectivity index is 2.27. The van der Waals surface area contributed by atoms with Crippen LogP contribution in [0.25, 0.3) is 10.9 Å². The van der Waals surface area contributed by atoms with Gasteiger partial charge in [0, 0.05) is 17.1 Å². The van der Waals surface area contributed by atoms with E-state index in [1.165, 1.54) is 7.11 Å². The molecular formula is C13H11NO2. The lowest BCUT2D eigenvalue weighted by molar-refractivity contribution is -0.139. The highest BCUT2D eigenvalue weighted by molar-refractivity contribution is 5.85. The van der Waals surface area contributed by atoms with Crippen LogP contribution in [0.1, 0.15) is 12.0 Å². The van der Waals surface area contributed by atoms with Crippen molar-refractivity contribution in [2.45, 2.75) is 6.42 Å². The van der Waals surface area contributed by atoms with Gasteiger partial charge in [0.05, 0.1) is 12.6 Å². The standard InChI is InChI=1S/C13H11NO2/c1-16-12(15)7-3-6-10-4-2-5-11-8-9-14-13(10)11/h2,4-5,8-9,14H,7H2,1H3. The zero-order valence-electron chi connectivity index (χ0n) is 8.91. The topological polar surface area (TPSA) is 42.1 Å². The van der Waals surface area contributed by atoms with Crippen molar-refractivity contribution in [3.05, 3.63) is 36.0 Å². The molecule has 0 spiro atoms. The number of ether oxygens (including phenoxy) is 1. The Morgan fingerprint density at radius 3 is 3.12 bits per heavy atom. The van der Waals surface area contributed by atoms with E-state index in [-0.39, 0.29) is 12.4 Å². The number of aromatic amines is 1. The second kappa shape index (κ2) is 4.54. The number of fused-ring (bicyclic) bond motifs is 1. The van der Waals surface area contributed by atoms with E-state index in [1.54, 1.807) is 0 Å². The first-order valence-corrected chi connectivity index (χ1v) is 4.93. The SMILES string of the molecule is COC(=O)CC#Cc1cccc2cc[nH]c12. The van der Waals surface area contributed by atoms with E-state index in [1.807, 2.05) is 30.5 Å². The third-order valence-electron chi connectivity index (χ3n) is 2.27. The summed E-state index contributed by atoms with van der Waals surface area (Å²) >= 11 is 0. The largest absolute Gasteiger partial charge is 0.468 e. The molecule has 0 fully saturated rings. The number of carbonyl (C=O) groups excluding carboxylic acids is 1. The van der Waals surface area contributed by atoms with Crippen molar-refractivity contribution in [1.29, 1.82) is 0 Å². The fraction of sp³-hybridized carbons (Fsp3) is 0.154. The summed E-state index contributed by atoms with van der Waals surface area (Å²) in [5.41, 5.74) is 1.89. The van der Waals surface area contributed by atoms with E-state index >= 15 is 0 Å². The van der Waals surface area contributed by atoms with Gasteiger partial charge in [-0.1, -0.05) is 24.0 Å². The Morgan fingerprint density at radius 1 is 1.44 bits per heavy atom. The molecule has 2 rings (SSSR count). The van der Waals surface area contributed by atoms with Crippen LogP contribution < -0.4 is 0 Å². The maximum atomic E-state index is 10.9. The van der Waals surface area contributed by atoms with Gasteiger partial charge in [0.1, 0.15) is 6.42 Å². The minimum absolute atomic E-state index is 0.119. The van der Waals surface area contributed by atoms with Crippen molar-refractivity contribution in [1.82, 2.24) is 4.98 Å². The van der Waals surface area contributed by atoms with Gasteiger partial charge >= 0.3 is 5.97 Å². The molecule has 0 radical (unpaired) electrons. The Labute approximate surface area is 93.4 Å². The molecule has 1 aromatic heterocycles. The van der Waals surface area contributed by atoms with E-state index in [2.05, 4.69) is 21.6 Å². The quantitative estimate of drug-likeness (QED) is 0.582. The third-order valence-corrected chi connectivity index (χ3v) is 2.27. The van der Waals surface area contributed by atoms with Crippen LogP contribution in [-0.4, -0.2) is 18.1 Å². The van der Waals surface area contributed by atoms with Gasteiger partial charge in [-0.3, -0.25) is 4.79 Å². The summed E-state index contributed by atoms with van der Waals surface area (Å²) in [5, 5.41) is 1.12. The number of methoxy groups -OCH3 is 1. The molecule has 1 heterocycles. The second-order valence-corrected chi connectivity index (χ2v) is 3.30. The molecule has 3 heteroatoms. The van der Waals surface area contributed by atoms with Crippen molar-refractivity contribution in [2.24, 2.45) is 0 Å². The number of benzene rings is 1. The van der Waals surface area contributed by atoms with Gasteiger partial charge in [0.15, 0.2) is 0 Å². The number of rotatable bonds is 1. The van der Waals surface area contributed by atoms with Gasteiger partial charge in [0.2, 0.25) is 0 Å². The number of para-hydroxylation sites is 1. The molecule has 0 aliphatic heterocycles. The van der Waals surface area contributed by atoms with Gasteiger partial charge in [-0.2, -0.15) is 0 Å². The predicted molar refractivity (Wildman–Crippen MR) is 61.8 cm³/mol. The van der Waals surface area contributed by atoms with Crippen molar-refractivity contribution >= 4 is 16.9 Å². The molecule has 0 amide bonds. The number of carbonyl (C=O) groups is 1. The van der Waals surface area contributed by atoms with Crippen molar-refractivity contribution in [3.8, 4) is 11.8 Å². The van der Waals surface area contributed by atoms with Crippen LogP contribution in [0.5, 0.6) is 0 Å². The molecular weight excluding hydrogens is 202 g/mol. The van der Waals surface area contributed by atoms with Crippen LogP contribution in [0, 0.1) is 11.8 Å². The van der Waals surface area contributed by atoms with E-state index in [0.717, 1.165) is 16.5 Å². The Bertz CT molecular complexity index is 572. The number of H-pyrrole nitrogens is 1. The summed E-state index contributed by atoms with van der Waals surface area (Å²) in [5.74, 6) is 5.43. The molecule has 0 bridgehead atoms. The first-order chi connectivity index (χ1) is 7.81. The molecule has 0 saturated heterocycles. The van der Waals surface area contributed by atoms with E-state index in [4.69, 9.17) is 0 Å². The Morgan fingerprint density at radius 2 is 2.31 bits per heavy atom. The van der Waals surface area contributed by atoms with E-state index in [9.17, 15) is 4.79 Å². The summed E-state index contributed by atoms with van der Waals surface area (Å²) in [6, 6.07) is 7.86. The highest BCUT2D eigenvalue weighted by atomic mass is 16.5. The molecule has 1 N–H and O–H groups in total. The normalized spacial score (nSPS) is 9.56. The Kier molecular flexibility index (Phi) is 2.93. The predicted octanol–water partition coefficient (Wildman–Crippen LogP) is 2.08. The summed E-state index contributed by atoms with van der Waals surface area (Å²) < 4.78 is 4.51. The first kappa shape index (κ1) is 10.3. The molecule has 80 valence electrons. The second-order valence-electron chi connectivity index (χ2n) is 3.30. The monoisotopic (exact) mass is 213 g/mol. The summed E-state index contributed by atoms with van der Waals surface area (Å²) in [6.45, 7) is 0. The molecule has 16 heavy (non-hydrogen) atoms. The smallest absolute Gasteiger partial charge is 0.317 e. The van der Waals surface area contributed by atoms with E-state index < -0.39 is 0 Å². The van der Waals surface area contributed by atoms with E-state index in [0.29, 0.717) is 0 Å². The lowest BCUT2D eigenvalue weighted by Gasteiger charge is -1.93. The number of nitrogens with one attached hydrogen (secondary N) is 1. The maximum absolute atomic E-state index is 10.9. The minimum Gasteiger partial charge on any atom is -0.468 e. The number of esters is 1. The van der Waals surface area contributed by atoms with Crippen molar-refractivity contribution in [3.63, 3.8) is 0 Å². The molecule has 2 aromatic rings. The highest BCUT2D eigenvalue weighted by Gasteiger charge is 1.98. The molecule has 1 aromatic carbocycles. The van der Waals surface area contributed by atoms with Crippen molar-refractivity contribution in [2.75, 3.05) is 7.11 Å². The van der Waals surface area contributed by atoms with Crippen LogP contribution in [0.4, 0.5) is 0 Å². The zero-order chi connectivity index (χ0) is 11.4. The molecule has 0 saturated carbocycles. The summed E-state index contributed by atoms with van der Waals surface area (Å²) in [6.07, 6.45) is 1.99. The Hall–Kier alpha value is -2.21. The number of hydrogen-bond donors (Lipinski definition) is 1. The van der Waals surface area contributed by atoms with Crippen LogP contribution in [-0.2, 0) is 9.53 Å². The van der Waals surface area contributed by atoms with Gasteiger partial charge < -0.3 is 9.72 Å². The molecule has 0 aliphatic carbocycles. The summed E-state index contributed by atoms with van der Waals surface area (Å²) in [4.78, 5) is 14.0. The van der Waals surface area contributed by atoms with Crippen LogP contribution >= 0.6 is 0 Å². The summed E-state index contributed by atoms with van der Waals surface area (Å²) in [7, 11) is 1.36. The molecule has 0 aliphatic rings. The number of hydrogen-bond acceptors (Lipinski definition) is 2. The van der Waals surface area contributed by atoms with Crippen LogP contribution in [0.2, 0.25) is 0 Å². The van der Waals surface area contributed by atoms with Crippen LogP contribution in [0.15, 0.2) is 30.5 Å². The van der Waals surface area contributed by atoms with Crippen molar-refractivity contribution < 1.29 is 9.53 Å². The zero-order valence-corrected chi connectivity index (χ0v) is 8.91. The first-order valence-electron chi connectivity index (χ1n) is 4.93. The average molecular weight is 213 g/mol. The fourth-order valence-electron chi connectivity index (χ4n) is 1.47. The average Bonchev–Trinajstić information content (AvgIpc) is 2.77. The third kappa shape index (κ3) is 2.06. The molecule has 0 atom stereocenters.